The highest BCUT2D eigenvalue weighted by atomic mass is 15.4. The van der Waals surface area contributed by atoms with Crippen LogP contribution in [-0.4, -0.2) is 48.0 Å². The monoisotopic (exact) mass is 335 g/mol. The van der Waals surface area contributed by atoms with Gasteiger partial charge in [0, 0.05) is 18.7 Å². The van der Waals surface area contributed by atoms with Crippen molar-refractivity contribution in [3.05, 3.63) is 47.2 Å². The zero-order valence-corrected chi connectivity index (χ0v) is 14.2. The summed E-state index contributed by atoms with van der Waals surface area (Å²) < 4.78 is 2.00. The molecule has 1 saturated heterocycles. The zero-order chi connectivity index (χ0) is 16.6. The number of hydrogen-bond donors (Lipinski definition) is 0. The highest BCUT2D eigenvalue weighted by Crippen LogP contribution is 2.29. The first-order valence-electron chi connectivity index (χ1n) is 9.09. The van der Waals surface area contributed by atoms with Gasteiger partial charge in [-0.3, -0.25) is 4.90 Å². The summed E-state index contributed by atoms with van der Waals surface area (Å²) in [6.45, 7) is 3.06. The lowest BCUT2D eigenvalue weighted by Gasteiger charge is -2.30. The first-order chi connectivity index (χ1) is 12.4. The van der Waals surface area contributed by atoms with Crippen LogP contribution in [0.4, 0.5) is 0 Å². The topological polar surface area (TPSA) is 72.1 Å². The first kappa shape index (κ1) is 14.9. The van der Waals surface area contributed by atoms with Crippen LogP contribution in [0, 0.1) is 0 Å². The first-order valence-corrected chi connectivity index (χ1v) is 9.09. The van der Waals surface area contributed by atoms with Crippen LogP contribution in [0.1, 0.15) is 47.8 Å². The van der Waals surface area contributed by atoms with E-state index < -0.39 is 0 Å². The Hall–Kier alpha value is -2.41. The van der Waals surface area contributed by atoms with Crippen LogP contribution >= 0.6 is 0 Å². The van der Waals surface area contributed by atoms with Gasteiger partial charge in [-0.15, -0.1) is 10.2 Å². The Balaban J connectivity index is 1.32. The molecule has 1 aliphatic carbocycles. The van der Waals surface area contributed by atoms with Crippen molar-refractivity contribution in [1.29, 1.82) is 0 Å². The summed E-state index contributed by atoms with van der Waals surface area (Å²) in [5.74, 6) is 1.48. The molecule has 7 heteroatoms. The molecule has 0 aromatic carbocycles. The Labute approximate surface area is 146 Å². The summed E-state index contributed by atoms with van der Waals surface area (Å²) in [4.78, 5) is 2.47. The quantitative estimate of drug-likeness (QED) is 0.726. The van der Waals surface area contributed by atoms with E-state index in [4.69, 9.17) is 5.10 Å². The van der Waals surface area contributed by atoms with Crippen LogP contribution in [-0.2, 0) is 19.4 Å². The highest BCUT2D eigenvalue weighted by Gasteiger charge is 2.26. The lowest BCUT2D eigenvalue weighted by molar-refractivity contribution is 0.200. The Morgan fingerprint density at radius 3 is 2.84 bits per heavy atom. The van der Waals surface area contributed by atoms with Gasteiger partial charge in [0.2, 0.25) is 0 Å². The average Bonchev–Trinajstić information content (AvgIpc) is 3.27. The SMILES string of the molecule is c1cc(CN2CCC(c3nnc4cc5c(nn34)CCC5)CC2)cnn1. The zero-order valence-electron chi connectivity index (χ0n) is 14.2. The number of aromatic nitrogens is 6. The van der Waals surface area contributed by atoms with Gasteiger partial charge in [-0.1, -0.05) is 0 Å². The van der Waals surface area contributed by atoms with Crippen LogP contribution in [0.25, 0.3) is 5.65 Å². The van der Waals surface area contributed by atoms with Gasteiger partial charge in [0.1, 0.15) is 0 Å². The molecular weight excluding hydrogens is 314 g/mol. The molecule has 4 heterocycles. The minimum atomic E-state index is 0.439. The van der Waals surface area contributed by atoms with Crippen molar-refractivity contribution >= 4 is 5.65 Å². The van der Waals surface area contributed by atoms with E-state index >= 15 is 0 Å². The van der Waals surface area contributed by atoms with Crippen LogP contribution in [0.2, 0.25) is 0 Å². The third-order valence-corrected chi connectivity index (χ3v) is 5.45. The van der Waals surface area contributed by atoms with E-state index in [9.17, 15) is 0 Å². The maximum atomic E-state index is 4.84. The molecule has 0 spiro atoms. The molecule has 0 unspecified atom stereocenters. The van der Waals surface area contributed by atoms with Gasteiger partial charge in [0.15, 0.2) is 11.5 Å². The molecule has 0 amide bonds. The van der Waals surface area contributed by atoms with Gasteiger partial charge in [0.05, 0.1) is 11.9 Å². The van der Waals surface area contributed by atoms with Crippen molar-refractivity contribution in [3.63, 3.8) is 0 Å². The maximum Gasteiger partial charge on any atom is 0.178 e. The van der Waals surface area contributed by atoms with Crippen molar-refractivity contribution in [2.24, 2.45) is 0 Å². The van der Waals surface area contributed by atoms with Crippen molar-refractivity contribution in [1.82, 2.24) is 34.9 Å². The normalized spacial score (nSPS) is 18.7. The standard InChI is InChI=1S/C18H21N7/c1-2-15-10-17-21-22-18(25(17)23-16(15)3-1)14-5-8-24(9-6-14)12-13-4-7-19-20-11-13/h4,7,10-11,14H,1-3,5-6,8-9,12H2. The number of fused-ring (bicyclic) bond motifs is 2. The van der Waals surface area contributed by atoms with Crippen molar-refractivity contribution < 1.29 is 0 Å². The highest BCUT2D eigenvalue weighted by molar-refractivity contribution is 5.43. The molecule has 128 valence electrons. The molecule has 0 radical (unpaired) electrons. The number of aryl methyl sites for hydroxylation is 2. The predicted molar refractivity (Wildman–Crippen MR) is 92.1 cm³/mol. The average molecular weight is 335 g/mol. The summed E-state index contributed by atoms with van der Waals surface area (Å²) in [5, 5.41) is 21.5. The van der Waals surface area contributed by atoms with E-state index in [0.717, 1.165) is 56.8 Å². The second-order valence-electron chi connectivity index (χ2n) is 7.10. The fraction of sp³-hybridized carbons (Fsp3) is 0.500. The Kier molecular flexibility index (Phi) is 3.66. The fourth-order valence-electron chi connectivity index (χ4n) is 4.07. The molecule has 2 aliphatic rings. The molecule has 0 N–H and O–H groups in total. The van der Waals surface area contributed by atoms with Gasteiger partial charge in [-0.25, -0.2) is 0 Å². The lowest BCUT2D eigenvalue weighted by atomic mass is 9.96. The number of rotatable bonds is 3. The number of piperidine rings is 1. The van der Waals surface area contributed by atoms with E-state index in [1.54, 1.807) is 6.20 Å². The van der Waals surface area contributed by atoms with Crippen LogP contribution in [0.3, 0.4) is 0 Å². The minimum absolute atomic E-state index is 0.439. The summed E-state index contributed by atoms with van der Waals surface area (Å²) in [6, 6.07) is 4.22. The predicted octanol–water partition coefficient (Wildman–Crippen LogP) is 1.78. The summed E-state index contributed by atoms with van der Waals surface area (Å²) >= 11 is 0. The molecule has 25 heavy (non-hydrogen) atoms. The van der Waals surface area contributed by atoms with Gasteiger partial charge >= 0.3 is 0 Å². The van der Waals surface area contributed by atoms with Gasteiger partial charge in [-0.05, 0) is 68.5 Å². The molecule has 1 aliphatic heterocycles. The summed E-state index contributed by atoms with van der Waals surface area (Å²) in [6.07, 6.45) is 9.22. The minimum Gasteiger partial charge on any atom is -0.299 e. The van der Waals surface area contributed by atoms with Crippen molar-refractivity contribution in [2.45, 2.75) is 44.6 Å². The summed E-state index contributed by atoms with van der Waals surface area (Å²) in [5.41, 5.74) is 4.71. The van der Waals surface area contributed by atoms with Crippen molar-refractivity contribution in [2.75, 3.05) is 13.1 Å². The van der Waals surface area contributed by atoms with E-state index in [1.807, 2.05) is 16.8 Å². The van der Waals surface area contributed by atoms with Crippen LogP contribution in [0.15, 0.2) is 24.5 Å². The van der Waals surface area contributed by atoms with Gasteiger partial charge < -0.3 is 0 Å². The smallest absolute Gasteiger partial charge is 0.178 e. The third kappa shape index (κ3) is 2.78. The molecule has 3 aromatic rings. The van der Waals surface area contributed by atoms with Crippen LogP contribution in [0.5, 0.6) is 0 Å². The number of likely N-dealkylation sites (tertiary alicyclic amines) is 1. The van der Waals surface area contributed by atoms with E-state index in [2.05, 4.69) is 31.4 Å². The molecule has 0 bridgehead atoms. The third-order valence-electron chi connectivity index (χ3n) is 5.45. The second-order valence-corrected chi connectivity index (χ2v) is 7.10. The van der Waals surface area contributed by atoms with E-state index in [-0.39, 0.29) is 0 Å². The second kappa shape index (κ2) is 6.15. The maximum absolute atomic E-state index is 4.84. The Morgan fingerprint density at radius 2 is 2.00 bits per heavy atom. The Bertz CT molecular complexity index is 881. The number of nitrogens with zero attached hydrogens (tertiary/aromatic N) is 7. The van der Waals surface area contributed by atoms with Gasteiger partial charge in [0.25, 0.3) is 0 Å². The largest absolute Gasteiger partial charge is 0.299 e. The molecule has 5 rings (SSSR count). The van der Waals surface area contributed by atoms with Crippen LogP contribution < -0.4 is 0 Å². The lowest BCUT2D eigenvalue weighted by Crippen LogP contribution is -2.33. The molecule has 0 saturated carbocycles. The van der Waals surface area contributed by atoms with E-state index in [1.165, 1.54) is 23.2 Å². The number of hydrogen-bond acceptors (Lipinski definition) is 6. The fourth-order valence-corrected chi connectivity index (χ4v) is 4.07. The van der Waals surface area contributed by atoms with E-state index in [0.29, 0.717) is 5.92 Å². The molecule has 0 atom stereocenters. The molecular formula is C18H21N7. The Morgan fingerprint density at radius 1 is 1.08 bits per heavy atom. The van der Waals surface area contributed by atoms with Crippen molar-refractivity contribution in [3.8, 4) is 0 Å². The summed E-state index contributed by atoms with van der Waals surface area (Å²) in [7, 11) is 0. The van der Waals surface area contributed by atoms with Gasteiger partial charge in [-0.2, -0.15) is 19.8 Å². The molecule has 7 nitrogen and oxygen atoms in total. The molecule has 1 fully saturated rings. The molecule has 3 aromatic heterocycles.